The van der Waals surface area contributed by atoms with Crippen LogP contribution >= 0.6 is 0 Å². The minimum atomic E-state index is -0.0478. The molecule has 5 heteroatoms. The summed E-state index contributed by atoms with van der Waals surface area (Å²) in [5.41, 5.74) is -0.0478. The molecule has 0 radical (unpaired) electrons. The van der Waals surface area contributed by atoms with Crippen molar-refractivity contribution < 1.29 is 4.74 Å². The number of rotatable bonds is 4. The lowest BCUT2D eigenvalue weighted by Crippen LogP contribution is -2.29. The Balaban J connectivity index is 2.11. The number of methoxy groups -OCH3 is 1. The largest absolute Gasteiger partial charge is 0.381 e. The van der Waals surface area contributed by atoms with Crippen LogP contribution < -0.4 is 10.9 Å². The van der Waals surface area contributed by atoms with E-state index in [9.17, 15) is 4.79 Å². The molecule has 0 amide bonds. The Hall–Kier alpha value is -1.36. The highest BCUT2D eigenvalue weighted by Gasteiger charge is 2.25. The highest BCUT2D eigenvalue weighted by Crippen LogP contribution is 2.23. The Morgan fingerprint density at radius 3 is 2.89 bits per heavy atom. The molecule has 0 spiro atoms. The molecule has 5 nitrogen and oxygen atoms in total. The van der Waals surface area contributed by atoms with Gasteiger partial charge in [0.15, 0.2) is 5.82 Å². The van der Waals surface area contributed by atoms with Gasteiger partial charge in [0.2, 0.25) is 0 Å². The zero-order valence-electron chi connectivity index (χ0n) is 11.2. The van der Waals surface area contributed by atoms with E-state index in [4.69, 9.17) is 4.74 Å². The number of nitrogens with zero attached hydrogens (tertiary/aromatic N) is 2. The van der Waals surface area contributed by atoms with Crippen molar-refractivity contribution >= 4 is 5.82 Å². The molecular formula is C13H21N3O2. The van der Waals surface area contributed by atoms with E-state index in [0.717, 1.165) is 19.3 Å². The molecule has 1 aliphatic rings. The fraction of sp³-hybridized carbons (Fsp3) is 0.692. The summed E-state index contributed by atoms with van der Waals surface area (Å²) >= 11 is 0. The second kappa shape index (κ2) is 5.52. The van der Waals surface area contributed by atoms with Crippen molar-refractivity contribution in [1.82, 2.24) is 9.55 Å². The quantitative estimate of drug-likeness (QED) is 0.886. The van der Waals surface area contributed by atoms with Gasteiger partial charge in [-0.05, 0) is 33.1 Å². The van der Waals surface area contributed by atoms with Gasteiger partial charge in [-0.3, -0.25) is 4.79 Å². The third-order valence-electron chi connectivity index (χ3n) is 3.48. The van der Waals surface area contributed by atoms with Crippen LogP contribution in [0.2, 0.25) is 0 Å². The van der Waals surface area contributed by atoms with E-state index in [-0.39, 0.29) is 17.6 Å². The number of hydrogen-bond donors (Lipinski definition) is 1. The molecule has 1 N–H and O–H groups in total. The number of aromatic nitrogens is 2. The molecule has 2 unspecified atom stereocenters. The van der Waals surface area contributed by atoms with E-state index in [1.165, 1.54) is 0 Å². The van der Waals surface area contributed by atoms with Crippen LogP contribution in [0.4, 0.5) is 5.82 Å². The third kappa shape index (κ3) is 2.72. The molecule has 0 saturated heterocycles. The van der Waals surface area contributed by atoms with Gasteiger partial charge in [0.05, 0.1) is 6.10 Å². The van der Waals surface area contributed by atoms with Crippen LogP contribution in [-0.4, -0.2) is 28.8 Å². The maximum Gasteiger partial charge on any atom is 0.293 e. The highest BCUT2D eigenvalue weighted by atomic mass is 16.5. The summed E-state index contributed by atoms with van der Waals surface area (Å²) in [6, 6.07) is 0.439. The Bertz CT molecular complexity index is 456. The summed E-state index contributed by atoms with van der Waals surface area (Å²) in [6.07, 6.45) is 6.71. The number of nitrogens with one attached hydrogen (secondary N) is 1. The molecule has 1 aliphatic carbocycles. The maximum absolute atomic E-state index is 12.2. The molecule has 0 aliphatic heterocycles. The summed E-state index contributed by atoms with van der Waals surface area (Å²) in [4.78, 5) is 16.3. The van der Waals surface area contributed by atoms with Crippen molar-refractivity contribution in [1.29, 1.82) is 0 Å². The Morgan fingerprint density at radius 2 is 2.28 bits per heavy atom. The van der Waals surface area contributed by atoms with Gasteiger partial charge in [-0.15, -0.1) is 0 Å². The first-order chi connectivity index (χ1) is 8.61. The van der Waals surface area contributed by atoms with Gasteiger partial charge in [0.1, 0.15) is 0 Å². The normalized spacial score (nSPS) is 23.6. The SMILES string of the molecule is COC1CCC(Nc2nccn(C(C)C)c2=O)C1. The minimum absolute atomic E-state index is 0.0478. The molecule has 0 bridgehead atoms. The van der Waals surface area contributed by atoms with E-state index in [1.54, 1.807) is 24.1 Å². The summed E-state index contributed by atoms with van der Waals surface area (Å²) in [5, 5.41) is 3.24. The van der Waals surface area contributed by atoms with Gasteiger partial charge in [-0.1, -0.05) is 0 Å². The second-order valence-corrected chi connectivity index (χ2v) is 5.09. The van der Waals surface area contributed by atoms with Crippen molar-refractivity contribution in [3.63, 3.8) is 0 Å². The third-order valence-corrected chi connectivity index (χ3v) is 3.48. The first kappa shape index (κ1) is 13.1. The predicted molar refractivity (Wildman–Crippen MR) is 70.9 cm³/mol. The fourth-order valence-electron chi connectivity index (χ4n) is 2.41. The molecule has 100 valence electrons. The maximum atomic E-state index is 12.2. The Kier molecular flexibility index (Phi) is 4.01. The summed E-state index contributed by atoms with van der Waals surface area (Å²) in [5.74, 6) is 0.452. The van der Waals surface area contributed by atoms with E-state index < -0.39 is 0 Å². The second-order valence-electron chi connectivity index (χ2n) is 5.09. The zero-order valence-corrected chi connectivity index (χ0v) is 11.2. The van der Waals surface area contributed by atoms with Crippen LogP contribution in [-0.2, 0) is 4.74 Å². The molecule has 1 aromatic heterocycles. The van der Waals surface area contributed by atoms with Crippen molar-refractivity contribution in [3.05, 3.63) is 22.7 Å². The van der Waals surface area contributed by atoms with Crippen LogP contribution in [0.25, 0.3) is 0 Å². The average Bonchev–Trinajstić information content (AvgIpc) is 2.79. The highest BCUT2D eigenvalue weighted by molar-refractivity contribution is 5.32. The summed E-state index contributed by atoms with van der Waals surface area (Å²) in [6.45, 7) is 3.98. The van der Waals surface area contributed by atoms with Crippen molar-refractivity contribution in [2.45, 2.75) is 51.3 Å². The average molecular weight is 251 g/mol. The van der Waals surface area contributed by atoms with Gasteiger partial charge in [-0.2, -0.15) is 0 Å². The minimum Gasteiger partial charge on any atom is -0.381 e. The monoisotopic (exact) mass is 251 g/mol. The molecule has 2 rings (SSSR count). The lowest BCUT2D eigenvalue weighted by Gasteiger charge is -2.15. The van der Waals surface area contributed by atoms with Crippen LogP contribution in [0.1, 0.15) is 39.2 Å². The van der Waals surface area contributed by atoms with Crippen LogP contribution in [0.5, 0.6) is 0 Å². The molecule has 0 aromatic carbocycles. The molecule has 2 atom stereocenters. The van der Waals surface area contributed by atoms with Crippen LogP contribution in [0.3, 0.4) is 0 Å². The Morgan fingerprint density at radius 1 is 1.50 bits per heavy atom. The van der Waals surface area contributed by atoms with Gasteiger partial charge < -0.3 is 14.6 Å². The van der Waals surface area contributed by atoms with Gasteiger partial charge in [-0.25, -0.2) is 4.98 Å². The van der Waals surface area contributed by atoms with Crippen LogP contribution in [0.15, 0.2) is 17.2 Å². The molecule has 18 heavy (non-hydrogen) atoms. The Labute approximate surface area is 107 Å². The molecular weight excluding hydrogens is 230 g/mol. The molecule has 1 fully saturated rings. The fourth-order valence-corrected chi connectivity index (χ4v) is 2.41. The van der Waals surface area contributed by atoms with Crippen LogP contribution in [0, 0.1) is 0 Å². The van der Waals surface area contributed by atoms with E-state index in [2.05, 4.69) is 10.3 Å². The van der Waals surface area contributed by atoms with E-state index >= 15 is 0 Å². The van der Waals surface area contributed by atoms with Crippen molar-refractivity contribution in [2.24, 2.45) is 0 Å². The standard InChI is InChI=1S/C13H21N3O2/c1-9(2)16-7-6-14-12(13(16)17)15-10-4-5-11(8-10)18-3/h6-7,9-11H,4-5,8H2,1-3H3,(H,14,15). The van der Waals surface area contributed by atoms with Gasteiger partial charge in [0.25, 0.3) is 5.56 Å². The number of ether oxygens (including phenoxy) is 1. The molecule has 1 saturated carbocycles. The van der Waals surface area contributed by atoms with E-state index in [1.807, 2.05) is 13.8 Å². The number of anilines is 1. The lowest BCUT2D eigenvalue weighted by atomic mass is 10.2. The van der Waals surface area contributed by atoms with Crippen molar-refractivity contribution in [3.8, 4) is 0 Å². The van der Waals surface area contributed by atoms with E-state index in [0.29, 0.717) is 11.9 Å². The summed E-state index contributed by atoms with van der Waals surface area (Å²) < 4.78 is 7.02. The van der Waals surface area contributed by atoms with Crippen molar-refractivity contribution in [2.75, 3.05) is 12.4 Å². The first-order valence-corrected chi connectivity index (χ1v) is 6.48. The predicted octanol–water partition coefficient (Wildman–Crippen LogP) is 1.80. The topological polar surface area (TPSA) is 56.1 Å². The molecule has 1 heterocycles. The van der Waals surface area contributed by atoms with Gasteiger partial charge in [0, 0.05) is 31.6 Å². The van der Waals surface area contributed by atoms with Gasteiger partial charge >= 0.3 is 0 Å². The zero-order chi connectivity index (χ0) is 13.1. The first-order valence-electron chi connectivity index (χ1n) is 6.48. The summed E-state index contributed by atoms with van der Waals surface area (Å²) in [7, 11) is 1.74. The lowest BCUT2D eigenvalue weighted by molar-refractivity contribution is 0.108. The molecule has 1 aromatic rings. The number of hydrogen-bond acceptors (Lipinski definition) is 4. The smallest absolute Gasteiger partial charge is 0.293 e.